The number of fused-ring (bicyclic) bond motifs is 8. The Hall–Kier alpha value is -4.15. The molecule has 1 aliphatic heterocycles. The van der Waals surface area contributed by atoms with Crippen molar-refractivity contribution < 1.29 is 4.21 Å². The van der Waals surface area contributed by atoms with Crippen LogP contribution in [0.3, 0.4) is 0 Å². The van der Waals surface area contributed by atoms with Gasteiger partial charge in [-0.15, -0.1) is 0 Å². The maximum atomic E-state index is 14.4. The lowest BCUT2D eigenvalue weighted by Gasteiger charge is -2.13. The molecule has 1 atom stereocenters. The Morgan fingerprint density at radius 3 is 1.97 bits per heavy atom. The van der Waals surface area contributed by atoms with Crippen molar-refractivity contribution in [2.45, 2.75) is 4.90 Å². The summed E-state index contributed by atoms with van der Waals surface area (Å²) in [5.74, 6) is 0. The van der Waals surface area contributed by atoms with Gasteiger partial charge >= 0.3 is 0 Å². The minimum atomic E-state index is -1.41. The van der Waals surface area contributed by atoms with Crippen molar-refractivity contribution in [1.82, 2.24) is 8.54 Å². The molecule has 3 heterocycles. The summed E-state index contributed by atoms with van der Waals surface area (Å²) < 4.78 is 18.8. The van der Waals surface area contributed by atoms with Gasteiger partial charge < -0.3 is 4.57 Å². The molecule has 3 nitrogen and oxygen atoms in total. The summed E-state index contributed by atoms with van der Waals surface area (Å²) in [4.78, 5) is 0.822. The molecule has 8 rings (SSSR count). The first kappa shape index (κ1) is 18.3. The third-order valence-electron chi connectivity index (χ3n) is 7.09. The normalized spacial score (nSPS) is 14.9. The first-order valence-electron chi connectivity index (χ1n) is 11.4. The molecule has 1 aliphatic rings. The van der Waals surface area contributed by atoms with Gasteiger partial charge in [-0.05, 0) is 35.4 Å². The number of para-hydroxylation sites is 2. The molecule has 0 amide bonds. The van der Waals surface area contributed by atoms with Crippen LogP contribution in [0, 0.1) is 0 Å². The molecule has 2 aromatic heterocycles. The third-order valence-corrected chi connectivity index (χ3v) is 8.50. The van der Waals surface area contributed by atoms with E-state index in [1.54, 1.807) is 0 Å². The van der Waals surface area contributed by atoms with Gasteiger partial charge in [-0.1, -0.05) is 84.9 Å². The Kier molecular flexibility index (Phi) is 3.48. The van der Waals surface area contributed by atoms with Gasteiger partial charge in [0, 0.05) is 21.5 Å². The maximum absolute atomic E-state index is 14.4. The Balaban J connectivity index is 1.63. The standard InChI is InChI=1S/C30H18N2OS/c33-34-28-18-20(19-8-2-1-3-9-19)14-17-27(28)31-25-12-6-4-10-21(25)23-15-16-24-22-11-5-7-13-26(22)32(34)30(24)29(23)31/h1-18H. The number of rotatable bonds is 1. The Morgan fingerprint density at radius 2 is 1.18 bits per heavy atom. The molecule has 7 aromatic rings. The van der Waals surface area contributed by atoms with Gasteiger partial charge in [0.2, 0.25) is 0 Å². The van der Waals surface area contributed by atoms with Gasteiger partial charge in [0.25, 0.3) is 0 Å². The van der Waals surface area contributed by atoms with Crippen LogP contribution in [0.2, 0.25) is 0 Å². The van der Waals surface area contributed by atoms with Crippen LogP contribution in [0.15, 0.2) is 114 Å². The summed E-state index contributed by atoms with van der Waals surface area (Å²) in [5, 5.41) is 4.66. The monoisotopic (exact) mass is 454 g/mol. The van der Waals surface area contributed by atoms with Gasteiger partial charge in [0.1, 0.15) is 0 Å². The van der Waals surface area contributed by atoms with E-state index in [1.807, 2.05) is 28.2 Å². The van der Waals surface area contributed by atoms with Crippen molar-refractivity contribution in [3.63, 3.8) is 0 Å². The molecule has 0 saturated carbocycles. The predicted molar refractivity (Wildman–Crippen MR) is 141 cm³/mol. The number of aromatic nitrogens is 2. The van der Waals surface area contributed by atoms with E-state index in [0.29, 0.717) is 0 Å². The van der Waals surface area contributed by atoms with Gasteiger partial charge in [-0.3, -0.25) is 3.97 Å². The summed E-state index contributed by atoms with van der Waals surface area (Å²) in [6.07, 6.45) is 0. The van der Waals surface area contributed by atoms with Crippen LogP contribution in [0.5, 0.6) is 0 Å². The van der Waals surface area contributed by atoms with E-state index in [-0.39, 0.29) is 0 Å². The zero-order chi connectivity index (χ0) is 22.4. The average Bonchev–Trinajstić information content (AvgIpc) is 3.38. The number of nitrogens with zero attached hydrogens (tertiary/aromatic N) is 2. The van der Waals surface area contributed by atoms with Crippen molar-refractivity contribution in [3.8, 4) is 16.8 Å². The summed E-state index contributed by atoms with van der Waals surface area (Å²) in [6.45, 7) is 0. The highest BCUT2D eigenvalue weighted by molar-refractivity contribution is 7.84. The minimum absolute atomic E-state index is 0.822. The summed E-state index contributed by atoms with van der Waals surface area (Å²) in [6, 6.07) is 37.9. The zero-order valence-electron chi connectivity index (χ0n) is 18.1. The molecule has 5 aromatic carbocycles. The van der Waals surface area contributed by atoms with Crippen molar-refractivity contribution >= 4 is 54.6 Å². The van der Waals surface area contributed by atoms with E-state index < -0.39 is 11.0 Å². The molecule has 0 fully saturated rings. The number of benzene rings is 5. The van der Waals surface area contributed by atoms with Crippen LogP contribution in [0.1, 0.15) is 0 Å². The van der Waals surface area contributed by atoms with Crippen LogP contribution in [-0.2, 0) is 11.0 Å². The maximum Gasteiger partial charge on any atom is 0.159 e. The van der Waals surface area contributed by atoms with Crippen LogP contribution in [0.4, 0.5) is 0 Å². The average molecular weight is 455 g/mol. The molecular formula is C30H18N2OS. The first-order chi connectivity index (χ1) is 16.8. The highest BCUT2D eigenvalue weighted by Gasteiger charge is 2.28. The smallest absolute Gasteiger partial charge is 0.159 e. The lowest BCUT2D eigenvalue weighted by molar-refractivity contribution is 0.679. The second kappa shape index (κ2) is 6.46. The number of hydrogen-bond donors (Lipinski definition) is 0. The quantitative estimate of drug-likeness (QED) is 0.253. The molecule has 0 bridgehead atoms. The van der Waals surface area contributed by atoms with Gasteiger partial charge in [-0.25, -0.2) is 4.21 Å². The van der Waals surface area contributed by atoms with Gasteiger partial charge in [0.15, 0.2) is 11.0 Å². The molecule has 0 radical (unpaired) electrons. The van der Waals surface area contributed by atoms with Crippen molar-refractivity contribution in [2.75, 3.05) is 0 Å². The molecular weight excluding hydrogens is 436 g/mol. The third kappa shape index (κ3) is 2.19. The fourth-order valence-electron chi connectivity index (χ4n) is 5.63. The van der Waals surface area contributed by atoms with Gasteiger partial charge in [-0.2, -0.15) is 0 Å². The summed E-state index contributed by atoms with van der Waals surface area (Å²) in [5.41, 5.74) is 7.45. The van der Waals surface area contributed by atoms with E-state index in [0.717, 1.165) is 54.5 Å². The molecule has 4 heteroatoms. The molecule has 0 N–H and O–H groups in total. The lowest BCUT2D eigenvalue weighted by atomic mass is 10.1. The highest BCUT2D eigenvalue weighted by Crippen LogP contribution is 2.44. The molecule has 0 saturated heterocycles. The van der Waals surface area contributed by atoms with Crippen LogP contribution >= 0.6 is 0 Å². The zero-order valence-corrected chi connectivity index (χ0v) is 18.9. The minimum Gasteiger partial charge on any atom is -0.306 e. The van der Waals surface area contributed by atoms with Crippen LogP contribution < -0.4 is 0 Å². The fourth-order valence-corrected chi connectivity index (χ4v) is 7.08. The lowest BCUT2D eigenvalue weighted by Crippen LogP contribution is -2.06. The fraction of sp³-hybridized carbons (Fsp3) is 0. The van der Waals surface area contributed by atoms with Gasteiger partial charge in [0.05, 0.1) is 32.6 Å². The van der Waals surface area contributed by atoms with E-state index in [2.05, 4.69) is 89.5 Å². The first-order valence-corrected chi connectivity index (χ1v) is 12.5. The topological polar surface area (TPSA) is 26.9 Å². The van der Waals surface area contributed by atoms with Crippen molar-refractivity contribution in [1.29, 1.82) is 0 Å². The van der Waals surface area contributed by atoms with Crippen LogP contribution in [-0.4, -0.2) is 12.7 Å². The van der Waals surface area contributed by atoms with E-state index in [4.69, 9.17) is 0 Å². The second-order valence-electron chi connectivity index (χ2n) is 8.82. The molecule has 0 aliphatic carbocycles. The molecule has 1 unspecified atom stereocenters. The summed E-state index contributed by atoms with van der Waals surface area (Å²) >= 11 is 0. The number of hydrogen-bond acceptors (Lipinski definition) is 1. The van der Waals surface area contributed by atoms with Crippen molar-refractivity contribution in [2.24, 2.45) is 0 Å². The van der Waals surface area contributed by atoms with E-state index in [1.165, 1.54) is 10.8 Å². The molecule has 160 valence electrons. The van der Waals surface area contributed by atoms with Crippen LogP contribution in [0.25, 0.3) is 60.4 Å². The molecule has 0 spiro atoms. The Morgan fingerprint density at radius 1 is 0.529 bits per heavy atom. The largest absolute Gasteiger partial charge is 0.306 e. The SMILES string of the molecule is O=S1c2cc(-c3ccccc3)ccc2-n2c3ccccc3c3ccc4c5ccccc5n1c4c32. The van der Waals surface area contributed by atoms with E-state index >= 15 is 0 Å². The molecule has 34 heavy (non-hydrogen) atoms. The Bertz CT molecular complexity index is 1980. The summed E-state index contributed by atoms with van der Waals surface area (Å²) in [7, 11) is -1.41. The van der Waals surface area contributed by atoms with Crippen molar-refractivity contribution in [3.05, 3.63) is 109 Å². The Labute approximate surface area is 198 Å². The predicted octanol–water partition coefficient (Wildman–Crippen LogP) is 7.44. The second-order valence-corrected chi connectivity index (χ2v) is 10.1. The highest BCUT2D eigenvalue weighted by atomic mass is 32.2. The van der Waals surface area contributed by atoms with E-state index in [9.17, 15) is 4.21 Å².